The highest BCUT2D eigenvalue weighted by Gasteiger charge is 2.30. The predicted octanol–water partition coefficient (Wildman–Crippen LogP) is 3.20. The van der Waals surface area contributed by atoms with Crippen LogP contribution in [0.3, 0.4) is 0 Å². The largest absolute Gasteiger partial charge is 0.373 e. The lowest BCUT2D eigenvalue weighted by atomic mass is 10.0. The fraction of sp³-hybridized carbons (Fsp3) is 0.462. The Balaban J connectivity index is 2.16. The number of nitro groups is 1. The summed E-state index contributed by atoms with van der Waals surface area (Å²) in [6.07, 6.45) is 1.78. The van der Waals surface area contributed by atoms with E-state index in [0.29, 0.717) is 13.2 Å². The number of carbonyl (C=O) groups is 1. The molecule has 6 nitrogen and oxygen atoms in total. The zero-order valence-electron chi connectivity index (χ0n) is 11.3. The van der Waals surface area contributed by atoms with Crippen molar-refractivity contribution in [2.45, 2.75) is 25.4 Å². The third-order valence-electron chi connectivity index (χ3n) is 3.39. The van der Waals surface area contributed by atoms with E-state index in [1.165, 1.54) is 0 Å². The molecular weight excluding hydrogens is 319 g/mol. The molecule has 0 aliphatic carbocycles. The van der Waals surface area contributed by atoms with E-state index in [1.807, 2.05) is 6.92 Å². The van der Waals surface area contributed by atoms with Gasteiger partial charge in [-0.25, -0.2) is 0 Å². The number of nitrogens with zero attached hydrogens (tertiary/aromatic N) is 1. The topological polar surface area (TPSA) is 81.5 Å². The molecule has 1 N–H and O–H groups in total. The highest BCUT2D eigenvalue weighted by molar-refractivity contribution is 6.44. The summed E-state index contributed by atoms with van der Waals surface area (Å²) < 4.78 is 5.56. The van der Waals surface area contributed by atoms with Crippen LogP contribution in [0.1, 0.15) is 30.1 Å². The molecule has 1 heterocycles. The molecule has 0 saturated carbocycles. The van der Waals surface area contributed by atoms with Crippen molar-refractivity contribution in [3.63, 3.8) is 0 Å². The molecule has 1 aromatic rings. The number of hydrogen-bond donors (Lipinski definition) is 1. The molecule has 1 atom stereocenters. The predicted molar refractivity (Wildman–Crippen MR) is 79.0 cm³/mol. The number of nitrogens with one attached hydrogen (secondary N) is 1. The second-order valence-electron chi connectivity index (χ2n) is 5.13. The van der Waals surface area contributed by atoms with Crippen LogP contribution in [0.4, 0.5) is 5.69 Å². The Labute approximate surface area is 131 Å². The van der Waals surface area contributed by atoms with Gasteiger partial charge in [-0.3, -0.25) is 14.9 Å². The molecule has 0 radical (unpaired) electrons. The lowest BCUT2D eigenvalue weighted by molar-refractivity contribution is -0.384. The molecule has 1 aliphatic heterocycles. The van der Waals surface area contributed by atoms with Gasteiger partial charge in [-0.15, -0.1) is 0 Å². The number of non-ortho nitro benzene ring substituents is 1. The van der Waals surface area contributed by atoms with E-state index in [2.05, 4.69) is 5.32 Å². The van der Waals surface area contributed by atoms with Crippen molar-refractivity contribution >= 4 is 34.8 Å². The normalized spacial score (nSPS) is 21.3. The van der Waals surface area contributed by atoms with Crippen LogP contribution in [0.5, 0.6) is 0 Å². The minimum atomic E-state index is -0.625. The standard InChI is InChI=1S/C13H14Cl2N2O4/c1-13(3-2-4-21-13)7-16-12(18)9-5-8(17(19)20)6-10(14)11(9)15/h5-6H,2-4,7H2,1H3,(H,16,18). The van der Waals surface area contributed by atoms with Gasteiger partial charge in [-0.2, -0.15) is 0 Å². The molecule has 114 valence electrons. The summed E-state index contributed by atoms with van der Waals surface area (Å²) in [7, 11) is 0. The lowest BCUT2D eigenvalue weighted by Gasteiger charge is -2.23. The van der Waals surface area contributed by atoms with Crippen LogP contribution in [-0.4, -0.2) is 29.6 Å². The molecule has 1 unspecified atom stereocenters. The number of rotatable bonds is 4. The van der Waals surface area contributed by atoms with Gasteiger partial charge in [-0.1, -0.05) is 23.2 Å². The summed E-state index contributed by atoms with van der Waals surface area (Å²) in [6, 6.07) is 2.23. The maximum atomic E-state index is 12.2. The molecule has 8 heteroatoms. The Hall–Kier alpha value is -1.37. The van der Waals surface area contributed by atoms with Gasteiger partial charge in [0.15, 0.2) is 0 Å². The molecule has 1 amide bonds. The van der Waals surface area contributed by atoms with Crippen molar-refractivity contribution in [2.75, 3.05) is 13.2 Å². The van der Waals surface area contributed by atoms with Gasteiger partial charge in [0.05, 0.1) is 26.1 Å². The number of benzene rings is 1. The third-order valence-corrected chi connectivity index (χ3v) is 4.19. The second-order valence-corrected chi connectivity index (χ2v) is 5.92. The summed E-state index contributed by atoms with van der Waals surface area (Å²) in [4.78, 5) is 22.3. The van der Waals surface area contributed by atoms with Gasteiger partial charge in [0.25, 0.3) is 11.6 Å². The molecule has 0 bridgehead atoms. The van der Waals surface area contributed by atoms with Crippen molar-refractivity contribution in [3.8, 4) is 0 Å². The van der Waals surface area contributed by atoms with E-state index in [1.54, 1.807) is 0 Å². The first-order valence-electron chi connectivity index (χ1n) is 6.38. The van der Waals surface area contributed by atoms with Gasteiger partial charge in [0.1, 0.15) is 0 Å². The van der Waals surface area contributed by atoms with Gasteiger partial charge >= 0.3 is 0 Å². The van der Waals surface area contributed by atoms with Crippen molar-refractivity contribution in [2.24, 2.45) is 0 Å². The summed E-state index contributed by atoms with van der Waals surface area (Å²) in [5, 5.41) is 13.5. The van der Waals surface area contributed by atoms with Gasteiger partial charge in [0, 0.05) is 25.3 Å². The maximum Gasteiger partial charge on any atom is 0.271 e. The summed E-state index contributed by atoms with van der Waals surface area (Å²) in [6.45, 7) is 2.88. The van der Waals surface area contributed by atoms with Crippen LogP contribution >= 0.6 is 23.2 Å². The number of hydrogen-bond acceptors (Lipinski definition) is 4. The van der Waals surface area contributed by atoms with E-state index in [-0.39, 0.29) is 21.3 Å². The molecule has 2 rings (SSSR count). The number of halogens is 2. The Morgan fingerprint density at radius 2 is 2.24 bits per heavy atom. The van der Waals surface area contributed by atoms with Crippen LogP contribution in [0.25, 0.3) is 0 Å². The zero-order valence-corrected chi connectivity index (χ0v) is 12.8. The third kappa shape index (κ3) is 3.64. The fourth-order valence-corrected chi connectivity index (χ4v) is 2.59. The number of amides is 1. The monoisotopic (exact) mass is 332 g/mol. The quantitative estimate of drug-likeness (QED) is 0.678. The molecule has 1 saturated heterocycles. The molecule has 0 spiro atoms. The van der Waals surface area contributed by atoms with Crippen LogP contribution in [0.15, 0.2) is 12.1 Å². The second kappa shape index (κ2) is 6.17. The lowest BCUT2D eigenvalue weighted by Crippen LogP contribution is -2.40. The van der Waals surface area contributed by atoms with E-state index < -0.39 is 16.4 Å². The van der Waals surface area contributed by atoms with E-state index >= 15 is 0 Å². The Morgan fingerprint density at radius 1 is 1.52 bits per heavy atom. The SMILES string of the molecule is CC1(CNC(=O)c2cc([N+](=O)[O-])cc(Cl)c2Cl)CCCO1. The van der Waals surface area contributed by atoms with Crippen molar-refractivity contribution < 1.29 is 14.5 Å². The number of nitro benzene ring substituents is 1. The van der Waals surface area contributed by atoms with E-state index in [4.69, 9.17) is 27.9 Å². The maximum absolute atomic E-state index is 12.2. The summed E-state index contributed by atoms with van der Waals surface area (Å²) in [5.74, 6) is -0.512. The summed E-state index contributed by atoms with van der Waals surface area (Å²) in [5.41, 5.74) is -0.706. The minimum absolute atomic E-state index is 0.00254. The van der Waals surface area contributed by atoms with Crippen LogP contribution in [0, 0.1) is 10.1 Å². The van der Waals surface area contributed by atoms with Gasteiger partial charge in [0.2, 0.25) is 0 Å². The number of carbonyl (C=O) groups excluding carboxylic acids is 1. The Kier molecular flexibility index (Phi) is 4.70. The first kappa shape index (κ1) is 16.0. The van der Waals surface area contributed by atoms with E-state index in [9.17, 15) is 14.9 Å². The van der Waals surface area contributed by atoms with Crippen molar-refractivity contribution in [1.29, 1.82) is 0 Å². The average Bonchev–Trinajstić information content (AvgIpc) is 2.86. The Morgan fingerprint density at radius 3 is 2.81 bits per heavy atom. The molecular formula is C13H14Cl2N2O4. The zero-order chi connectivity index (χ0) is 15.6. The summed E-state index contributed by atoms with van der Waals surface area (Å²) >= 11 is 11.8. The van der Waals surface area contributed by atoms with Crippen LogP contribution in [-0.2, 0) is 4.74 Å². The highest BCUT2D eigenvalue weighted by Crippen LogP contribution is 2.31. The van der Waals surface area contributed by atoms with Crippen molar-refractivity contribution in [1.82, 2.24) is 5.32 Å². The van der Waals surface area contributed by atoms with Gasteiger partial charge in [-0.05, 0) is 19.8 Å². The number of ether oxygens (including phenoxy) is 1. The van der Waals surface area contributed by atoms with E-state index in [0.717, 1.165) is 25.0 Å². The average molecular weight is 333 g/mol. The molecule has 1 aliphatic rings. The van der Waals surface area contributed by atoms with Crippen molar-refractivity contribution in [3.05, 3.63) is 37.9 Å². The first-order valence-corrected chi connectivity index (χ1v) is 7.13. The smallest absolute Gasteiger partial charge is 0.271 e. The molecule has 0 aromatic heterocycles. The molecule has 1 aromatic carbocycles. The highest BCUT2D eigenvalue weighted by atomic mass is 35.5. The fourth-order valence-electron chi connectivity index (χ4n) is 2.18. The first-order chi connectivity index (χ1) is 9.82. The Bertz CT molecular complexity index is 586. The minimum Gasteiger partial charge on any atom is -0.373 e. The molecule has 1 fully saturated rings. The van der Waals surface area contributed by atoms with Crippen LogP contribution < -0.4 is 5.32 Å². The van der Waals surface area contributed by atoms with Crippen LogP contribution in [0.2, 0.25) is 10.0 Å². The van der Waals surface area contributed by atoms with Gasteiger partial charge < -0.3 is 10.1 Å². The molecule has 21 heavy (non-hydrogen) atoms.